The largest absolute Gasteiger partial charge is 0.479 e. The van der Waals surface area contributed by atoms with Crippen molar-refractivity contribution < 1.29 is 19.4 Å². The molecule has 0 saturated carbocycles. The molecule has 0 spiro atoms. The van der Waals surface area contributed by atoms with Crippen molar-refractivity contribution in [2.24, 2.45) is 0 Å². The van der Waals surface area contributed by atoms with Gasteiger partial charge in [0.1, 0.15) is 0 Å². The van der Waals surface area contributed by atoms with Crippen LogP contribution in [0, 0.1) is 0 Å². The Morgan fingerprint density at radius 2 is 2.12 bits per heavy atom. The predicted octanol–water partition coefficient (Wildman–Crippen LogP) is 2.03. The molecule has 1 unspecified atom stereocenters. The first-order valence-electron chi connectivity index (χ1n) is 8.55. The minimum absolute atomic E-state index is 0.0962. The van der Waals surface area contributed by atoms with Gasteiger partial charge in [-0.25, -0.2) is 9.59 Å². The number of thioether (sulfide) groups is 1. The van der Waals surface area contributed by atoms with Crippen LogP contribution in [0.2, 0.25) is 0 Å². The van der Waals surface area contributed by atoms with Gasteiger partial charge in [-0.1, -0.05) is 30.3 Å². The second kappa shape index (κ2) is 7.66. The Morgan fingerprint density at radius 1 is 1.36 bits per heavy atom. The van der Waals surface area contributed by atoms with Crippen molar-refractivity contribution >= 4 is 23.8 Å². The third-order valence-electron chi connectivity index (χ3n) is 5.12. The van der Waals surface area contributed by atoms with Gasteiger partial charge in [0.2, 0.25) is 0 Å². The summed E-state index contributed by atoms with van der Waals surface area (Å²) in [7, 11) is 1.47. The lowest BCUT2D eigenvalue weighted by molar-refractivity contribution is -0.163. The van der Waals surface area contributed by atoms with Crippen LogP contribution < -0.4 is 10.6 Å². The van der Waals surface area contributed by atoms with Crippen LogP contribution in [0.5, 0.6) is 0 Å². The molecule has 2 amide bonds. The van der Waals surface area contributed by atoms with E-state index >= 15 is 0 Å². The van der Waals surface area contributed by atoms with Crippen molar-refractivity contribution in [3.05, 3.63) is 35.9 Å². The normalized spacial score (nSPS) is 27.2. The molecule has 4 atom stereocenters. The van der Waals surface area contributed by atoms with Crippen LogP contribution in [0.1, 0.15) is 24.8 Å². The highest BCUT2D eigenvalue weighted by atomic mass is 32.2. The van der Waals surface area contributed by atoms with E-state index in [1.54, 1.807) is 0 Å². The summed E-state index contributed by atoms with van der Waals surface area (Å²) in [4.78, 5) is 23.4. The molecule has 0 aromatic heterocycles. The molecule has 2 aliphatic rings. The van der Waals surface area contributed by atoms with Gasteiger partial charge in [0.15, 0.2) is 5.60 Å². The number of hydrogen-bond acceptors (Lipinski definition) is 4. The zero-order valence-electron chi connectivity index (χ0n) is 14.2. The molecule has 25 heavy (non-hydrogen) atoms. The summed E-state index contributed by atoms with van der Waals surface area (Å²) >= 11 is 1.84. The summed E-state index contributed by atoms with van der Waals surface area (Å²) in [5.41, 5.74) is -0.254. The quantitative estimate of drug-likeness (QED) is 0.615. The Balaban J connectivity index is 1.59. The molecule has 3 rings (SSSR count). The number of benzene rings is 1. The fourth-order valence-electron chi connectivity index (χ4n) is 3.69. The number of amides is 2. The SMILES string of the molecule is COC(CCC[C@@H]1SC[C@@H]2NC(=O)N[C@@H]21)(Cc1ccccc1)C(=O)O. The fraction of sp³-hybridized carbons (Fsp3) is 0.556. The van der Waals surface area contributed by atoms with E-state index < -0.39 is 11.6 Å². The van der Waals surface area contributed by atoms with Crippen molar-refractivity contribution in [1.29, 1.82) is 0 Å². The molecule has 3 N–H and O–H groups in total. The highest BCUT2D eigenvalue weighted by Gasteiger charge is 2.44. The lowest BCUT2D eigenvalue weighted by atomic mass is 9.88. The molecule has 7 heteroatoms. The van der Waals surface area contributed by atoms with Crippen molar-refractivity contribution in [3.8, 4) is 0 Å². The molecule has 136 valence electrons. The highest BCUT2D eigenvalue weighted by Crippen LogP contribution is 2.34. The molecule has 0 bridgehead atoms. The van der Waals surface area contributed by atoms with E-state index in [0.29, 0.717) is 18.1 Å². The number of carboxylic acids is 1. The topological polar surface area (TPSA) is 87.7 Å². The Hall–Kier alpha value is -1.73. The number of ether oxygens (including phenoxy) is 1. The van der Waals surface area contributed by atoms with Crippen LogP contribution in [0.15, 0.2) is 30.3 Å². The second-order valence-corrected chi connectivity index (χ2v) is 7.95. The van der Waals surface area contributed by atoms with Crippen LogP contribution in [0.25, 0.3) is 0 Å². The fourth-order valence-corrected chi connectivity index (χ4v) is 5.23. The number of urea groups is 1. The zero-order valence-corrected chi connectivity index (χ0v) is 15.1. The molecule has 0 aliphatic carbocycles. The average molecular weight is 364 g/mol. The van der Waals surface area contributed by atoms with E-state index in [1.807, 2.05) is 42.1 Å². The summed E-state index contributed by atoms with van der Waals surface area (Å²) in [6, 6.07) is 9.82. The van der Waals surface area contributed by atoms with E-state index in [2.05, 4.69) is 10.6 Å². The maximum atomic E-state index is 11.9. The van der Waals surface area contributed by atoms with Gasteiger partial charge in [0.05, 0.1) is 12.1 Å². The van der Waals surface area contributed by atoms with Gasteiger partial charge < -0.3 is 20.5 Å². The first kappa shape index (κ1) is 18.1. The first-order chi connectivity index (χ1) is 12.0. The van der Waals surface area contributed by atoms with Gasteiger partial charge in [-0.15, -0.1) is 0 Å². The molecule has 2 saturated heterocycles. The van der Waals surface area contributed by atoms with Crippen molar-refractivity contribution in [1.82, 2.24) is 10.6 Å². The molecule has 2 fully saturated rings. The molecule has 1 aromatic carbocycles. The summed E-state index contributed by atoms with van der Waals surface area (Å²) in [5, 5.41) is 16.0. The van der Waals surface area contributed by atoms with Gasteiger partial charge in [-0.2, -0.15) is 11.8 Å². The first-order valence-corrected chi connectivity index (χ1v) is 9.60. The third kappa shape index (κ3) is 3.93. The number of nitrogens with one attached hydrogen (secondary N) is 2. The van der Waals surface area contributed by atoms with E-state index in [0.717, 1.165) is 24.2 Å². The zero-order chi connectivity index (χ0) is 17.9. The molecule has 0 radical (unpaired) electrons. The minimum Gasteiger partial charge on any atom is -0.479 e. The van der Waals surface area contributed by atoms with Crippen LogP contribution in [0.3, 0.4) is 0 Å². The summed E-state index contributed by atoms with van der Waals surface area (Å²) < 4.78 is 5.48. The number of hydrogen-bond donors (Lipinski definition) is 3. The maximum absolute atomic E-state index is 11.9. The molecule has 1 aromatic rings. The number of fused-ring (bicyclic) bond motifs is 1. The van der Waals surface area contributed by atoms with Crippen LogP contribution >= 0.6 is 11.8 Å². The van der Waals surface area contributed by atoms with Gasteiger partial charge in [0.25, 0.3) is 0 Å². The Kier molecular flexibility index (Phi) is 5.54. The lowest BCUT2D eigenvalue weighted by Crippen LogP contribution is -2.43. The van der Waals surface area contributed by atoms with Crippen molar-refractivity contribution in [3.63, 3.8) is 0 Å². The van der Waals surface area contributed by atoms with E-state index in [4.69, 9.17) is 4.74 Å². The molecule has 2 aliphatic heterocycles. The van der Waals surface area contributed by atoms with Gasteiger partial charge in [0, 0.05) is 24.5 Å². The van der Waals surface area contributed by atoms with Crippen LogP contribution in [-0.4, -0.2) is 52.9 Å². The lowest BCUT2D eigenvalue weighted by Gasteiger charge is -2.29. The molecular weight excluding hydrogens is 340 g/mol. The number of rotatable bonds is 8. The Morgan fingerprint density at radius 3 is 2.80 bits per heavy atom. The Labute approximate surface area is 151 Å². The van der Waals surface area contributed by atoms with Gasteiger partial charge in [-0.3, -0.25) is 0 Å². The van der Waals surface area contributed by atoms with Gasteiger partial charge >= 0.3 is 12.0 Å². The predicted molar refractivity (Wildman–Crippen MR) is 96.9 cm³/mol. The van der Waals surface area contributed by atoms with Gasteiger partial charge in [-0.05, 0) is 24.8 Å². The smallest absolute Gasteiger partial charge is 0.336 e. The summed E-state index contributed by atoms with van der Waals surface area (Å²) in [5.74, 6) is -0.0152. The van der Waals surface area contributed by atoms with E-state index in [-0.39, 0.29) is 18.1 Å². The van der Waals surface area contributed by atoms with E-state index in [9.17, 15) is 14.7 Å². The molecular formula is C18H24N2O4S. The number of carbonyl (C=O) groups excluding carboxylic acids is 1. The standard InChI is InChI=1S/C18H24N2O4S/c1-24-18(16(21)22,10-12-6-3-2-4-7-12)9-5-8-14-15-13(11-25-14)19-17(23)20-15/h2-4,6-7,13-15H,5,8-11H2,1H3,(H,21,22)(H2,19,20,23)/t13-,14-,15-,18?/m0/s1. The number of methoxy groups -OCH3 is 1. The summed E-state index contributed by atoms with van der Waals surface area (Å²) in [6.07, 6.45) is 2.40. The molecule has 2 heterocycles. The van der Waals surface area contributed by atoms with Crippen LogP contribution in [0.4, 0.5) is 4.79 Å². The van der Waals surface area contributed by atoms with Crippen LogP contribution in [-0.2, 0) is 16.0 Å². The second-order valence-electron chi connectivity index (χ2n) is 6.68. The van der Waals surface area contributed by atoms with Crippen molar-refractivity contribution in [2.75, 3.05) is 12.9 Å². The molecule has 6 nitrogen and oxygen atoms in total. The number of carbonyl (C=O) groups is 2. The maximum Gasteiger partial charge on any atom is 0.336 e. The third-order valence-corrected chi connectivity index (χ3v) is 6.63. The highest BCUT2D eigenvalue weighted by molar-refractivity contribution is 8.00. The summed E-state index contributed by atoms with van der Waals surface area (Å²) in [6.45, 7) is 0. The number of carboxylic acid groups (broad SMARTS) is 1. The Bertz CT molecular complexity index is 627. The average Bonchev–Trinajstić information content (AvgIpc) is 3.14. The monoisotopic (exact) mass is 364 g/mol. The number of aliphatic carboxylic acids is 1. The minimum atomic E-state index is -1.21. The van der Waals surface area contributed by atoms with Crippen molar-refractivity contribution in [2.45, 2.75) is 48.6 Å². The van der Waals surface area contributed by atoms with E-state index in [1.165, 1.54) is 7.11 Å².